The number of nitrogens with zero attached hydrogens (tertiary/aromatic N) is 2. The van der Waals surface area contributed by atoms with Crippen molar-refractivity contribution in [3.05, 3.63) is 17.5 Å². The summed E-state index contributed by atoms with van der Waals surface area (Å²) in [4.78, 5) is 7.87. The van der Waals surface area contributed by atoms with E-state index in [4.69, 9.17) is 11.6 Å². The summed E-state index contributed by atoms with van der Waals surface area (Å²) in [6.45, 7) is 2.47. The fourth-order valence-electron chi connectivity index (χ4n) is 0.797. The van der Waals surface area contributed by atoms with E-state index in [2.05, 4.69) is 15.3 Å². The predicted octanol–water partition coefficient (Wildman–Crippen LogP) is 1.31. The second kappa shape index (κ2) is 5.26. The summed E-state index contributed by atoms with van der Waals surface area (Å²) >= 11 is 5.78. The van der Waals surface area contributed by atoms with Gasteiger partial charge in [-0.15, -0.1) is 0 Å². The van der Waals surface area contributed by atoms with Crippen molar-refractivity contribution in [3.63, 3.8) is 0 Å². The summed E-state index contributed by atoms with van der Waals surface area (Å²) in [6.07, 6.45) is 4.75. The molecule has 1 aromatic heterocycles. The molecule has 4 nitrogen and oxygen atoms in total. The maximum Gasteiger partial charge on any atom is 0.171 e. The summed E-state index contributed by atoms with van der Waals surface area (Å²) in [5, 5.41) is 3.39. The normalized spacial score (nSPS) is 14.8. The molecule has 2 unspecified atom stereocenters. The Hall–Kier alpha value is -0.680. The van der Waals surface area contributed by atoms with Crippen LogP contribution in [0, 0.1) is 0 Å². The van der Waals surface area contributed by atoms with Crippen LogP contribution >= 0.6 is 11.6 Å². The van der Waals surface area contributed by atoms with Crippen molar-refractivity contribution in [2.45, 2.75) is 12.2 Å². The third-order valence-electron chi connectivity index (χ3n) is 1.78. The zero-order valence-corrected chi connectivity index (χ0v) is 9.60. The van der Waals surface area contributed by atoms with Gasteiger partial charge >= 0.3 is 0 Å². The Bertz CT molecular complexity index is 334. The van der Waals surface area contributed by atoms with Gasteiger partial charge in [-0.2, -0.15) is 0 Å². The van der Waals surface area contributed by atoms with Gasteiger partial charge in [0.05, 0.1) is 0 Å². The highest BCUT2D eigenvalue weighted by Crippen LogP contribution is 2.13. The number of aromatic nitrogens is 2. The highest BCUT2D eigenvalue weighted by atomic mass is 35.5. The zero-order chi connectivity index (χ0) is 10.6. The van der Waals surface area contributed by atoms with Crippen LogP contribution in [0.15, 0.2) is 12.4 Å². The van der Waals surface area contributed by atoms with Crippen LogP contribution in [-0.4, -0.2) is 32.2 Å². The molecule has 14 heavy (non-hydrogen) atoms. The molecule has 0 aliphatic carbocycles. The molecule has 0 aliphatic heterocycles. The fourth-order valence-corrected chi connectivity index (χ4v) is 1.29. The van der Waals surface area contributed by atoms with E-state index >= 15 is 0 Å². The quantitative estimate of drug-likeness (QED) is 0.852. The van der Waals surface area contributed by atoms with Crippen LogP contribution in [-0.2, 0) is 10.8 Å². The Kier molecular flexibility index (Phi) is 4.28. The maximum absolute atomic E-state index is 11.1. The first-order valence-corrected chi connectivity index (χ1v) is 6.13. The van der Waals surface area contributed by atoms with Crippen LogP contribution in [0.4, 0.5) is 5.82 Å². The summed E-state index contributed by atoms with van der Waals surface area (Å²) in [7, 11) is -0.844. The molecule has 1 aromatic rings. The lowest BCUT2D eigenvalue weighted by molar-refractivity contribution is 0.678. The SMILES string of the molecule is CC(CNc1nccnc1Cl)S(C)=O. The number of hydrogen-bond acceptors (Lipinski definition) is 4. The molecule has 0 saturated heterocycles. The van der Waals surface area contributed by atoms with Crippen molar-refractivity contribution in [2.75, 3.05) is 18.1 Å². The largest absolute Gasteiger partial charge is 0.366 e. The van der Waals surface area contributed by atoms with Gasteiger partial charge in [-0.25, -0.2) is 9.97 Å². The molecule has 0 aromatic carbocycles. The van der Waals surface area contributed by atoms with Gasteiger partial charge < -0.3 is 5.32 Å². The number of rotatable bonds is 4. The number of anilines is 1. The van der Waals surface area contributed by atoms with Crippen LogP contribution in [0.2, 0.25) is 5.15 Å². The minimum atomic E-state index is -0.844. The molecule has 1 rings (SSSR count). The van der Waals surface area contributed by atoms with Crippen molar-refractivity contribution in [1.82, 2.24) is 9.97 Å². The number of nitrogens with one attached hydrogen (secondary N) is 1. The minimum absolute atomic E-state index is 0.0630. The molecule has 0 aliphatic rings. The second-order valence-corrected chi connectivity index (χ2v) is 5.05. The van der Waals surface area contributed by atoms with Crippen LogP contribution in [0.1, 0.15) is 6.92 Å². The van der Waals surface area contributed by atoms with Crippen LogP contribution < -0.4 is 5.32 Å². The average molecular weight is 234 g/mol. The predicted molar refractivity (Wildman–Crippen MR) is 59.1 cm³/mol. The van der Waals surface area contributed by atoms with Gasteiger partial charge in [-0.3, -0.25) is 4.21 Å². The molecule has 6 heteroatoms. The fraction of sp³-hybridized carbons (Fsp3) is 0.500. The van der Waals surface area contributed by atoms with E-state index in [1.54, 1.807) is 12.5 Å². The van der Waals surface area contributed by atoms with Crippen molar-refractivity contribution >= 4 is 28.2 Å². The Morgan fingerprint density at radius 1 is 1.57 bits per heavy atom. The summed E-state index contributed by atoms with van der Waals surface area (Å²) in [5.74, 6) is 0.534. The van der Waals surface area contributed by atoms with Gasteiger partial charge in [0, 0.05) is 41.2 Å². The van der Waals surface area contributed by atoms with E-state index in [1.165, 1.54) is 6.20 Å². The Balaban J connectivity index is 2.54. The van der Waals surface area contributed by atoms with Crippen molar-refractivity contribution in [1.29, 1.82) is 0 Å². The van der Waals surface area contributed by atoms with E-state index < -0.39 is 10.8 Å². The third kappa shape index (κ3) is 3.23. The molecule has 1 heterocycles. The van der Waals surface area contributed by atoms with E-state index in [0.717, 1.165) is 0 Å². The molecule has 0 saturated carbocycles. The van der Waals surface area contributed by atoms with Crippen molar-refractivity contribution in [3.8, 4) is 0 Å². The van der Waals surface area contributed by atoms with Gasteiger partial charge in [0.15, 0.2) is 11.0 Å². The maximum atomic E-state index is 11.1. The van der Waals surface area contributed by atoms with Gasteiger partial charge in [-0.1, -0.05) is 11.6 Å². The van der Waals surface area contributed by atoms with Crippen molar-refractivity contribution < 1.29 is 4.21 Å². The molecule has 0 spiro atoms. The lowest BCUT2D eigenvalue weighted by Crippen LogP contribution is -2.21. The van der Waals surface area contributed by atoms with E-state index in [0.29, 0.717) is 17.5 Å². The topological polar surface area (TPSA) is 54.9 Å². The van der Waals surface area contributed by atoms with Gasteiger partial charge in [0.25, 0.3) is 0 Å². The lowest BCUT2D eigenvalue weighted by Gasteiger charge is -2.10. The summed E-state index contributed by atoms with van der Waals surface area (Å²) in [5.41, 5.74) is 0. The molecule has 0 bridgehead atoms. The first-order valence-electron chi connectivity index (χ1n) is 4.14. The summed E-state index contributed by atoms with van der Waals surface area (Å²) < 4.78 is 11.1. The molecule has 78 valence electrons. The smallest absolute Gasteiger partial charge is 0.171 e. The van der Waals surface area contributed by atoms with Gasteiger partial charge in [0.1, 0.15) is 0 Å². The molecule has 0 fully saturated rings. The molecular weight excluding hydrogens is 222 g/mol. The Labute approximate surface area is 90.6 Å². The Morgan fingerprint density at radius 2 is 2.21 bits per heavy atom. The van der Waals surface area contributed by atoms with Crippen LogP contribution in [0.3, 0.4) is 0 Å². The first kappa shape index (κ1) is 11.4. The van der Waals surface area contributed by atoms with Crippen molar-refractivity contribution in [2.24, 2.45) is 0 Å². The van der Waals surface area contributed by atoms with Crippen LogP contribution in [0.25, 0.3) is 0 Å². The third-order valence-corrected chi connectivity index (χ3v) is 3.35. The number of halogens is 1. The zero-order valence-electron chi connectivity index (χ0n) is 8.03. The lowest BCUT2D eigenvalue weighted by atomic mass is 10.4. The Morgan fingerprint density at radius 3 is 2.79 bits per heavy atom. The first-order chi connectivity index (χ1) is 6.61. The monoisotopic (exact) mass is 233 g/mol. The molecule has 1 N–H and O–H groups in total. The molecule has 2 atom stereocenters. The minimum Gasteiger partial charge on any atom is -0.366 e. The number of hydrogen-bond donors (Lipinski definition) is 1. The average Bonchev–Trinajstić information content (AvgIpc) is 2.16. The van der Waals surface area contributed by atoms with Crippen LogP contribution in [0.5, 0.6) is 0 Å². The van der Waals surface area contributed by atoms with E-state index in [-0.39, 0.29) is 5.25 Å². The standard InChI is InChI=1S/C8H12ClN3OS/c1-6(14(2)13)5-12-8-7(9)10-3-4-11-8/h3-4,6H,5H2,1-2H3,(H,11,12). The molecule has 0 amide bonds. The molecule has 0 radical (unpaired) electrons. The highest BCUT2D eigenvalue weighted by Gasteiger charge is 2.07. The second-order valence-electron chi connectivity index (χ2n) is 2.89. The van der Waals surface area contributed by atoms with E-state index in [9.17, 15) is 4.21 Å². The highest BCUT2D eigenvalue weighted by molar-refractivity contribution is 7.84. The summed E-state index contributed by atoms with van der Waals surface area (Å²) in [6, 6.07) is 0. The molecular formula is C8H12ClN3OS. The van der Waals surface area contributed by atoms with Gasteiger partial charge in [0.2, 0.25) is 0 Å². The van der Waals surface area contributed by atoms with Gasteiger partial charge in [-0.05, 0) is 6.92 Å². The van der Waals surface area contributed by atoms with E-state index in [1.807, 2.05) is 6.92 Å².